The molecule has 2 N–H and O–H groups in total. The SMILES string of the molecule is O=C(c1ncccc1O)N1CCCC[C@@H]1c1nc2ccccc2[nH]1. The van der Waals surface area contributed by atoms with Crippen LogP contribution in [0.4, 0.5) is 0 Å². The summed E-state index contributed by atoms with van der Waals surface area (Å²) in [5.74, 6) is 0.453. The molecule has 24 heavy (non-hydrogen) atoms. The molecular weight excluding hydrogens is 304 g/mol. The first kappa shape index (κ1) is 14.7. The number of para-hydroxylation sites is 2. The van der Waals surface area contributed by atoms with E-state index in [1.807, 2.05) is 24.3 Å². The number of nitrogens with zero attached hydrogens (tertiary/aromatic N) is 3. The topological polar surface area (TPSA) is 82.1 Å². The van der Waals surface area contributed by atoms with Gasteiger partial charge in [0, 0.05) is 12.7 Å². The highest BCUT2D eigenvalue weighted by atomic mass is 16.3. The number of H-pyrrole nitrogens is 1. The molecular formula is C18H18N4O2. The van der Waals surface area contributed by atoms with E-state index in [1.54, 1.807) is 11.0 Å². The largest absolute Gasteiger partial charge is 0.505 e. The van der Waals surface area contributed by atoms with Crippen LogP contribution < -0.4 is 0 Å². The Bertz CT molecular complexity index is 856. The van der Waals surface area contributed by atoms with Crippen LogP contribution in [-0.2, 0) is 0 Å². The summed E-state index contributed by atoms with van der Waals surface area (Å²) >= 11 is 0. The lowest BCUT2D eigenvalue weighted by Crippen LogP contribution is -2.39. The lowest BCUT2D eigenvalue weighted by molar-refractivity contribution is 0.0592. The summed E-state index contributed by atoms with van der Waals surface area (Å²) in [5, 5.41) is 9.95. The second kappa shape index (κ2) is 5.96. The summed E-state index contributed by atoms with van der Waals surface area (Å²) in [6.07, 6.45) is 4.35. The lowest BCUT2D eigenvalue weighted by Gasteiger charge is -2.34. The summed E-state index contributed by atoms with van der Waals surface area (Å²) in [6, 6.07) is 10.8. The van der Waals surface area contributed by atoms with Crippen molar-refractivity contribution >= 4 is 16.9 Å². The molecule has 1 atom stereocenters. The van der Waals surface area contributed by atoms with Gasteiger partial charge in [-0.25, -0.2) is 9.97 Å². The molecule has 1 aliphatic heterocycles. The maximum Gasteiger partial charge on any atom is 0.276 e. The zero-order valence-corrected chi connectivity index (χ0v) is 13.1. The summed E-state index contributed by atoms with van der Waals surface area (Å²) < 4.78 is 0. The monoisotopic (exact) mass is 322 g/mol. The molecule has 1 fully saturated rings. The van der Waals surface area contributed by atoms with Crippen molar-refractivity contribution in [2.75, 3.05) is 6.54 Å². The van der Waals surface area contributed by atoms with E-state index in [2.05, 4.69) is 15.0 Å². The maximum absolute atomic E-state index is 12.9. The molecule has 1 saturated heterocycles. The van der Waals surface area contributed by atoms with Gasteiger partial charge in [-0.1, -0.05) is 12.1 Å². The van der Waals surface area contributed by atoms with Gasteiger partial charge in [-0.2, -0.15) is 0 Å². The number of aromatic amines is 1. The zero-order valence-electron chi connectivity index (χ0n) is 13.1. The third-order valence-corrected chi connectivity index (χ3v) is 4.48. The van der Waals surface area contributed by atoms with Crippen LogP contribution in [0.15, 0.2) is 42.6 Å². The summed E-state index contributed by atoms with van der Waals surface area (Å²) in [4.78, 5) is 26.7. The fraction of sp³-hybridized carbons (Fsp3) is 0.278. The van der Waals surface area contributed by atoms with Gasteiger partial charge >= 0.3 is 0 Å². The molecule has 0 spiro atoms. The Hall–Kier alpha value is -2.89. The van der Waals surface area contributed by atoms with E-state index < -0.39 is 0 Å². The van der Waals surface area contributed by atoms with Crippen molar-refractivity contribution in [1.82, 2.24) is 19.9 Å². The molecule has 6 heteroatoms. The summed E-state index contributed by atoms with van der Waals surface area (Å²) in [6.45, 7) is 0.635. The molecule has 2 aromatic heterocycles. The average molecular weight is 322 g/mol. The van der Waals surface area contributed by atoms with Crippen LogP contribution in [0.25, 0.3) is 11.0 Å². The molecule has 6 nitrogen and oxygen atoms in total. The molecule has 0 unspecified atom stereocenters. The van der Waals surface area contributed by atoms with Crippen molar-refractivity contribution in [3.8, 4) is 5.75 Å². The number of imidazole rings is 1. The first-order valence-corrected chi connectivity index (χ1v) is 8.13. The highest BCUT2D eigenvalue weighted by Gasteiger charge is 2.32. The molecule has 1 aliphatic rings. The molecule has 0 saturated carbocycles. The molecule has 0 aliphatic carbocycles. The number of rotatable bonds is 2. The Balaban J connectivity index is 1.70. The number of likely N-dealkylation sites (tertiary alicyclic amines) is 1. The van der Waals surface area contributed by atoms with Crippen LogP contribution in [0.3, 0.4) is 0 Å². The number of pyridine rings is 1. The minimum absolute atomic E-state index is 0.0866. The summed E-state index contributed by atoms with van der Waals surface area (Å²) in [7, 11) is 0. The van der Waals surface area contributed by atoms with Crippen LogP contribution in [0.5, 0.6) is 5.75 Å². The normalized spacial score (nSPS) is 18.0. The number of aromatic hydroxyl groups is 1. The van der Waals surface area contributed by atoms with Crippen LogP contribution in [0, 0.1) is 0 Å². The quantitative estimate of drug-likeness (QED) is 0.760. The highest BCUT2D eigenvalue weighted by molar-refractivity contribution is 5.95. The van der Waals surface area contributed by atoms with Crippen molar-refractivity contribution in [3.63, 3.8) is 0 Å². The van der Waals surface area contributed by atoms with E-state index in [-0.39, 0.29) is 23.4 Å². The van der Waals surface area contributed by atoms with Gasteiger partial charge in [0.25, 0.3) is 5.91 Å². The first-order valence-electron chi connectivity index (χ1n) is 8.13. The third kappa shape index (κ3) is 2.50. The van der Waals surface area contributed by atoms with Crippen molar-refractivity contribution in [3.05, 3.63) is 54.1 Å². The van der Waals surface area contributed by atoms with Gasteiger partial charge in [-0.15, -0.1) is 0 Å². The highest BCUT2D eigenvalue weighted by Crippen LogP contribution is 2.32. The minimum Gasteiger partial charge on any atom is -0.505 e. The Morgan fingerprint density at radius 2 is 2.08 bits per heavy atom. The minimum atomic E-state index is -0.252. The van der Waals surface area contributed by atoms with Gasteiger partial charge in [0.05, 0.1) is 17.1 Å². The summed E-state index contributed by atoms with van der Waals surface area (Å²) in [5.41, 5.74) is 1.96. The number of carbonyl (C=O) groups is 1. The van der Waals surface area contributed by atoms with Gasteiger partial charge in [-0.05, 0) is 43.5 Å². The van der Waals surface area contributed by atoms with E-state index in [0.29, 0.717) is 6.54 Å². The van der Waals surface area contributed by atoms with Gasteiger partial charge in [-0.3, -0.25) is 4.79 Å². The number of nitrogens with one attached hydrogen (secondary N) is 1. The van der Waals surface area contributed by atoms with Crippen LogP contribution in [0.2, 0.25) is 0 Å². The van der Waals surface area contributed by atoms with Crippen molar-refractivity contribution in [2.24, 2.45) is 0 Å². The third-order valence-electron chi connectivity index (χ3n) is 4.48. The number of aromatic nitrogens is 3. The van der Waals surface area contributed by atoms with Gasteiger partial charge in [0.1, 0.15) is 11.6 Å². The predicted octanol–water partition coefficient (Wildman–Crippen LogP) is 3.03. The van der Waals surface area contributed by atoms with Gasteiger partial charge in [0.2, 0.25) is 0 Å². The molecule has 1 aromatic carbocycles. The van der Waals surface area contributed by atoms with E-state index in [4.69, 9.17) is 0 Å². The van der Waals surface area contributed by atoms with E-state index >= 15 is 0 Å². The van der Waals surface area contributed by atoms with E-state index in [9.17, 15) is 9.90 Å². The fourth-order valence-electron chi connectivity index (χ4n) is 3.29. The van der Waals surface area contributed by atoms with Gasteiger partial charge < -0.3 is 15.0 Å². The zero-order chi connectivity index (χ0) is 16.5. The molecule has 4 rings (SSSR count). The van der Waals surface area contributed by atoms with Crippen molar-refractivity contribution in [2.45, 2.75) is 25.3 Å². The second-order valence-corrected chi connectivity index (χ2v) is 6.02. The molecule has 1 amide bonds. The van der Waals surface area contributed by atoms with Crippen molar-refractivity contribution < 1.29 is 9.90 Å². The predicted molar refractivity (Wildman–Crippen MR) is 89.6 cm³/mol. The average Bonchev–Trinajstić information content (AvgIpc) is 3.05. The van der Waals surface area contributed by atoms with Gasteiger partial charge in [0.15, 0.2) is 5.69 Å². The molecule has 3 heterocycles. The maximum atomic E-state index is 12.9. The number of hydrogen-bond acceptors (Lipinski definition) is 4. The smallest absolute Gasteiger partial charge is 0.276 e. The van der Waals surface area contributed by atoms with E-state index in [1.165, 1.54) is 12.3 Å². The van der Waals surface area contributed by atoms with Crippen LogP contribution in [-0.4, -0.2) is 37.4 Å². The van der Waals surface area contributed by atoms with Crippen molar-refractivity contribution in [1.29, 1.82) is 0 Å². The number of benzene rings is 1. The van der Waals surface area contributed by atoms with E-state index in [0.717, 1.165) is 36.1 Å². The van der Waals surface area contributed by atoms with Crippen LogP contribution >= 0.6 is 0 Å². The molecule has 0 radical (unpaired) electrons. The fourth-order valence-corrected chi connectivity index (χ4v) is 3.29. The number of piperidine rings is 1. The second-order valence-electron chi connectivity index (χ2n) is 6.02. The Labute approximate surface area is 139 Å². The molecule has 122 valence electrons. The Morgan fingerprint density at radius 3 is 2.92 bits per heavy atom. The Kier molecular flexibility index (Phi) is 3.65. The number of amides is 1. The number of fused-ring (bicyclic) bond motifs is 1. The molecule has 0 bridgehead atoms. The standard InChI is InChI=1S/C18H18N4O2/c23-15-9-5-10-19-16(15)18(24)22-11-4-3-8-14(22)17-20-12-6-1-2-7-13(12)21-17/h1-2,5-7,9-10,14,23H,3-4,8,11H2,(H,20,21)/t14-/m1/s1. The van der Waals surface area contributed by atoms with Crippen LogP contribution in [0.1, 0.15) is 41.6 Å². The first-order chi connectivity index (χ1) is 11.7. The Morgan fingerprint density at radius 1 is 1.21 bits per heavy atom. The number of hydrogen-bond donors (Lipinski definition) is 2. The lowest BCUT2D eigenvalue weighted by atomic mass is 10.0. The molecule has 3 aromatic rings. The number of carbonyl (C=O) groups excluding carboxylic acids is 1.